The summed E-state index contributed by atoms with van der Waals surface area (Å²) in [5, 5.41) is 4.68. The van der Waals surface area contributed by atoms with Gasteiger partial charge in [-0.3, -0.25) is 4.98 Å². The Morgan fingerprint density at radius 2 is 1.95 bits per heavy atom. The molecule has 0 bridgehead atoms. The largest absolute Gasteiger partial charge is 0.381 e. The Morgan fingerprint density at radius 3 is 2.81 bits per heavy atom. The fraction of sp³-hybridized carbons (Fsp3) is 0.167. The maximum Gasteiger partial charge on any atom is 0.0763 e. The highest BCUT2D eigenvalue weighted by Gasteiger charge is 2.06. The molecule has 0 aliphatic heterocycles. The smallest absolute Gasteiger partial charge is 0.0763 e. The molecule has 0 spiro atoms. The lowest BCUT2D eigenvalue weighted by molar-refractivity contribution is 1.14. The summed E-state index contributed by atoms with van der Waals surface area (Å²) < 4.78 is 1.08. The molecule has 3 heteroatoms. The number of hydrogen-bond donors (Lipinski definition) is 1. The second-order valence-corrected chi connectivity index (χ2v) is 6.13. The highest BCUT2D eigenvalue weighted by atomic mass is 79.9. The first-order chi connectivity index (χ1) is 10.1. The van der Waals surface area contributed by atoms with Crippen LogP contribution in [0.25, 0.3) is 10.9 Å². The zero-order valence-electron chi connectivity index (χ0n) is 12.2. The quantitative estimate of drug-likeness (QED) is 0.706. The van der Waals surface area contributed by atoms with Crippen LogP contribution < -0.4 is 5.32 Å². The van der Waals surface area contributed by atoms with Gasteiger partial charge < -0.3 is 5.32 Å². The van der Waals surface area contributed by atoms with E-state index < -0.39 is 0 Å². The molecule has 2 aromatic carbocycles. The van der Waals surface area contributed by atoms with E-state index in [1.807, 2.05) is 12.3 Å². The van der Waals surface area contributed by atoms with Gasteiger partial charge in [0, 0.05) is 28.3 Å². The molecule has 3 aromatic rings. The molecule has 3 rings (SSSR count). The molecular weight excluding hydrogens is 324 g/mol. The molecule has 2 nitrogen and oxygen atoms in total. The fourth-order valence-electron chi connectivity index (χ4n) is 2.46. The molecule has 0 unspecified atom stereocenters. The number of aryl methyl sites for hydroxylation is 2. The van der Waals surface area contributed by atoms with Crippen LogP contribution in [-0.2, 0) is 6.54 Å². The van der Waals surface area contributed by atoms with Gasteiger partial charge in [-0.1, -0.05) is 40.2 Å². The summed E-state index contributed by atoms with van der Waals surface area (Å²) in [5.74, 6) is 0. The Morgan fingerprint density at radius 1 is 1.10 bits per heavy atom. The van der Waals surface area contributed by atoms with Gasteiger partial charge in [0.2, 0.25) is 0 Å². The van der Waals surface area contributed by atoms with Crippen LogP contribution in [0.2, 0.25) is 0 Å². The molecule has 0 amide bonds. The molecule has 0 atom stereocenters. The number of nitrogens with zero attached hydrogens (tertiary/aromatic N) is 1. The van der Waals surface area contributed by atoms with E-state index in [2.05, 4.69) is 76.5 Å². The van der Waals surface area contributed by atoms with Gasteiger partial charge in [-0.05, 0) is 48.7 Å². The van der Waals surface area contributed by atoms with Gasteiger partial charge in [0.1, 0.15) is 0 Å². The fourth-order valence-corrected chi connectivity index (χ4v) is 2.91. The van der Waals surface area contributed by atoms with Crippen LogP contribution in [-0.4, -0.2) is 4.98 Å². The summed E-state index contributed by atoms with van der Waals surface area (Å²) in [6.45, 7) is 5.01. The first-order valence-corrected chi connectivity index (χ1v) is 7.77. The number of fused-ring (bicyclic) bond motifs is 1. The summed E-state index contributed by atoms with van der Waals surface area (Å²) in [7, 11) is 0. The number of nitrogens with one attached hydrogen (secondary N) is 1. The normalized spacial score (nSPS) is 10.8. The number of hydrogen-bond acceptors (Lipinski definition) is 2. The third-order valence-electron chi connectivity index (χ3n) is 3.66. The molecule has 106 valence electrons. The number of halogens is 1. The van der Waals surface area contributed by atoms with Gasteiger partial charge in [0.05, 0.1) is 5.52 Å². The lowest BCUT2D eigenvalue weighted by Crippen LogP contribution is -2.02. The summed E-state index contributed by atoms with van der Waals surface area (Å²) in [5.41, 5.74) is 5.96. The maximum absolute atomic E-state index is 4.52. The average Bonchev–Trinajstić information content (AvgIpc) is 2.50. The van der Waals surface area contributed by atoms with Crippen molar-refractivity contribution in [3.05, 3.63) is 69.8 Å². The molecule has 0 fully saturated rings. The van der Waals surface area contributed by atoms with Gasteiger partial charge in [0.15, 0.2) is 0 Å². The van der Waals surface area contributed by atoms with Crippen molar-refractivity contribution in [1.82, 2.24) is 4.98 Å². The van der Waals surface area contributed by atoms with E-state index in [0.717, 1.165) is 21.9 Å². The van der Waals surface area contributed by atoms with Gasteiger partial charge >= 0.3 is 0 Å². The summed E-state index contributed by atoms with van der Waals surface area (Å²) >= 11 is 3.59. The summed E-state index contributed by atoms with van der Waals surface area (Å²) in [6, 6.07) is 14.7. The minimum Gasteiger partial charge on any atom is -0.381 e. The lowest BCUT2D eigenvalue weighted by atomic mass is 10.1. The van der Waals surface area contributed by atoms with Crippen LogP contribution in [0, 0.1) is 13.8 Å². The van der Waals surface area contributed by atoms with Gasteiger partial charge in [-0.15, -0.1) is 0 Å². The van der Waals surface area contributed by atoms with Crippen molar-refractivity contribution < 1.29 is 0 Å². The molecule has 1 heterocycles. The topological polar surface area (TPSA) is 24.9 Å². The molecule has 0 radical (unpaired) electrons. The average molecular weight is 341 g/mol. The van der Waals surface area contributed by atoms with Crippen molar-refractivity contribution in [3.63, 3.8) is 0 Å². The highest BCUT2D eigenvalue weighted by Crippen LogP contribution is 2.26. The minimum atomic E-state index is 0.769. The minimum absolute atomic E-state index is 0.769. The summed E-state index contributed by atoms with van der Waals surface area (Å²) in [4.78, 5) is 4.52. The molecule has 0 aliphatic carbocycles. The Kier molecular flexibility index (Phi) is 3.93. The standard InChI is InChI=1S/C18H17BrN2/c1-12-5-6-13(2)17(10-12)21-11-14-7-8-16(19)15-4-3-9-20-18(14)15/h3-10,21H,11H2,1-2H3. The Hall–Kier alpha value is -1.87. The van der Waals surface area contributed by atoms with E-state index in [4.69, 9.17) is 0 Å². The maximum atomic E-state index is 4.52. The molecule has 0 saturated heterocycles. The van der Waals surface area contributed by atoms with Crippen LogP contribution in [0.4, 0.5) is 5.69 Å². The van der Waals surface area contributed by atoms with Gasteiger partial charge in [-0.25, -0.2) is 0 Å². The monoisotopic (exact) mass is 340 g/mol. The third-order valence-corrected chi connectivity index (χ3v) is 4.35. The zero-order valence-corrected chi connectivity index (χ0v) is 13.7. The molecular formula is C18H17BrN2. The number of benzene rings is 2. The van der Waals surface area contributed by atoms with Crippen molar-refractivity contribution >= 4 is 32.5 Å². The first-order valence-electron chi connectivity index (χ1n) is 6.98. The molecule has 1 aromatic heterocycles. The van der Waals surface area contributed by atoms with E-state index in [9.17, 15) is 0 Å². The predicted molar refractivity (Wildman–Crippen MR) is 92.7 cm³/mol. The zero-order chi connectivity index (χ0) is 14.8. The van der Waals surface area contributed by atoms with E-state index in [0.29, 0.717) is 0 Å². The van der Waals surface area contributed by atoms with Crippen LogP contribution in [0.1, 0.15) is 16.7 Å². The second-order valence-electron chi connectivity index (χ2n) is 5.28. The van der Waals surface area contributed by atoms with Crippen molar-refractivity contribution in [2.45, 2.75) is 20.4 Å². The molecule has 21 heavy (non-hydrogen) atoms. The Labute approximate surface area is 133 Å². The molecule has 1 N–H and O–H groups in total. The van der Waals surface area contributed by atoms with Crippen LogP contribution >= 0.6 is 15.9 Å². The number of rotatable bonds is 3. The van der Waals surface area contributed by atoms with E-state index in [1.54, 1.807) is 0 Å². The van der Waals surface area contributed by atoms with Crippen LogP contribution in [0.3, 0.4) is 0 Å². The van der Waals surface area contributed by atoms with Crippen molar-refractivity contribution in [3.8, 4) is 0 Å². The number of pyridine rings is 1. The molecule has 0 aliphatic rings. The van der Waals surface area contributed by atoms with Crippen molar-refractivity contribution in [2.75, 3.05) is 5.32 Å². The van der Waals surface area contributed by atoms with Crippen LogP contribution in [0.5, 0.6) is 0 Å². The third kappa shape index (κ3) is 2.93. The van der Waals surface area contributed by atoms with E-state index in [-0.39, 0.29) is 0 Å². The molecule has 0 saturated carbocycles. The second kappa shape index (κ2) is 5.86. The SMILES string of the molecule is Cc1ccc(C)c(NCc2ccc(Br)c3cccnc23)c1. The highest BCUT2D eigenvalue weighted by molar-refractivity contribution is 9.10. The lowest BCUT2D eigenvalue weighted by Gasteiger charge is -2.12. The Bertz CT molecular complexity index is 796. The summed E-state index contributed by atoms with van der Waals surface area (Å²) in [6.07, 6.45) is 1.84. The number of anilines is 1. The van der Waals surface area contributed by atoms with Crippen LogP contribution in [0.15, 0.2) is 53.1 Å². The van der Waals surface area contributed by atoms with Gasteiger partial charge in [-0.2, -0.15) is 0 Å². The van der Waals surface area contributed by atoms with E-state index >= 15 is 0 Å². The predicted octanol–water partition coefficient (Wildman–Crippen LogP) is 5.23. The van der Waals surface area contributed by atoms with Crippen molar-refractivity contribution in [1.29, 1.82) is 0 Å². The number of aromatic nitrogens is 1. The first kappa shape index (κ1) is 14.1. The Balaban J connectivity index is 1.92. The van der Waals surface area contributed by atoms with E-state index in [1.165, 1.54) is 22.4 Å². The van der Waals surface area contributed by atoms with Gasteiger partial charge in [0.25, 0.3) is 0 Å². The van der Waals surface area contributed by atoms with Crippen molar-refractivity contribution in [2.24, 2.45) is 0 Å².